The van der Waals surface area contributed by atoms with Gasteiger partial charge in [0.2, 0.25) is 19.2 Å². The summed E-state index contributed by atoms with van der Waals surface area (Å²) >= 11 is 0.802. The Bertz CT molecular complexity index is 507. The Balaban J connectivity index is 2.88. The lowest BCUT2D eigenvalue weighted by atomic mass is 10.2. The highest BCUT2D eigenvalue weighted by Gasteiger charge is 2.21. The van der Waals surface area contributed by atoms with E-state index in [9.17, 15) is 13.2 Å². The third-order valence-corrected chi connectivity index (χ3v) is 4.47. The summed E-state index contributed by atoms with van der Waals surface area (Å²) in [7, 11) is -1.73. The van der Waals surface area contributed by atoms with E-state index in [-0.39, 0.29) is 15.3 Å². The lowest BCUT2D eigenvalue weighted by Crippen LogP contribution is -2.30. The second kappa shape index (κ2) is 5.09. The highest BCUT2D eigenvalue weighted by molar-refractivity contribution is 7.92. The Morgan fingerprint density at radius 1 is 1.41 bits per heavy atom. The Kier molecular flexibility index (Phi) is 4.21. The summed E-state index contributed by atoms with van der Waals surface area (Å²) < 4.78 is 22.3. The number of rotatable bonds is 4. The summed E-state index contributed by atoms with van der Waals surface area (Å²) in [6, 6.07) is 0. The van der Waals surface area contributed by atoms with E-state index in [4.69, 9.17) is 0 Å². The van der Waals surface area contributed by atoms with Gasteiger partial charge in [-0.05, 0) is 5.92 Å². The number of nitrogens with zero attached hydrogens (tertiary/aromatic N) is 3. The van der Waals surface area contributed by atoms with Crippen molar-refractivity contribution in [2.75, 3.05) is 19.8 Å². The van der Waals surface area contributed by atoms with Crippen LogP contribution in [0.5, 0.6) is 0 Å². The summed E-state index contributed by atoms with van der Waals surface area (Å²) in [4.78, 5) is 13.4. The zero-order valence-corrected chi connectivity index (χ0v) is 11.8. The SMILES string of the molecule is CC(C)CN(C)C(=O)c1nnc(S(C)(=O)=O)s1. The van der Waals surface area contributed by atoms with Crippen LogP contribution in [0, 0.1) is 5.92 Å². The molecule has 0 saturated heterocycles. The predicted molar refractivity (Wildman–Crippen MR) is 64.8 cm³/mol. The number of carbonyl (C=O) groups is 1. The van der Waals surface area contributed by atoms with Gasteiger partial charge >= 0.3 is 0 Å². The molecule has 0 unspecified atom stereocenters. The molecule has 0 radical (unpaired) electrons. The topological polar surface area (TPSA) is 80.2 Å². The summed E-state index contributed by atoms with van der Waals surface area (Å²) in [5, 5.41) is 7.22. The smallest absolute Gasteiger partial charge is 0.284 e. The Morgan fingerprint density at radius 2 is 2.00 bits per heavy atom. The fraction of sp³-hybridized carbons (Fsp3) is 0.667. The molecule has 0 aliphatic rings. The van der Waals surface area contributed by atoms with Crippen molar-refractivity contribution in [3.8, 4) is 0 Å². The molecule has 17 heavy (non-hydrogen) atoms. The van der Waals surface area contributed by atoms with Crippen molar-refractivity contribution >= 4 is 27.1 Å². The summed E-state index contributed by atoms with van der Waals surface area (Å²) in [5.74, 6) is 0.0392. The van der Waals surface area contributed by atoms with Gasteiger partial charge in [-0.25, -0.2) is 8.42 Å². The zero-order valence-electron chi connectivity index (χ0n) is 10.2. The van der Waals surface area contributed by atoms with E-state index in [1.54, 1.807) is 7.05 Å². The monoisotopic (exact) mass is 277 g/mol. The molecule has 8 heteroatoms. The standard InChI is InChI=1S/C9H15N3O3S2/c1-6(2)5-12(3)8(13)7-10-11-9(16-7)17(4,14)15/h6H,5H2,1-4H3. The zero-order chi connectivity index (χ0) is 13.2. The molecule has 1 amide bonds. The predicted octanol–water partition coefficient (Wildman–Crippen LogP) is 0.670. The van der Waals surface area contributed by atoms with Crippen molar-refractivity contribution in [3.63, 3.8) is 0 Å². The molecule has 0 aromatic carbocycles. The van der Waals surface area contributed by atoms with Crippen LogP contribution in [-0.4, -0.2) is 49.3 Å². The van der Waals surface area contributed by atoms with Crippen LogP contribution in [0.1, 0.15) is 23.6 Å². The van der Waals surface area contributed by atoms with Crippen molar-refractivity contribution in [1.82, 2.24) is 15.1 Å². The van der Waals surface area contributed by atoms with Gasteiger partial charge in [0.1, 0.15) is 0 Å². The highest BCUT2D eigenvalue weighted by atomic mass is 32.2. The molecule has 0 bridgehead atoms. The van der Waals surface area contributed by atoms with Gasteiger partial charge in [-0.3, -0.25) is 4.79 Å². The van der Waals surface area contributed by atoms with Crippen LogP contribution >= 0.6 is 11.3 Å². The van der Waals surface area contributed by atoms with Crippen LogP contribution in [0.15, 0.2) is 4.34 Å². The van der Waals surface area contributed by atoms with E-state index in [2.05, 4.69) is 10.2 Å². The van der Waals surface area contributed by atoms with Crippen molar-refractivity contribution in [3.05, 3.63) is 5.01 Å². The van der Waals surface area contributed by atoms with E-state index in [1.165, 1.54) is 4.90 Å². The molecule has 1 rings (SSSR count). The van der Waals surface area contributed by atoms with Crippen molar-refractivity contribution < 1.29 is 13.2 Å². The first-order valence-corrected chi connectivity index (χ1v) is 7.71. The molecule has 96 valence electrons. The molecular weight excluding hydrogens is 262 g/mol. The Labute approximate surface area is 105 Å². The maximum atomic E-state index is 11.9. The van der Waals surface area contributed by atoms with E-state index < -0.39 is 9.84 Å². The third kappa shape index (κ3) is 3.74. The number of carbonyl (C=O) groups excluding carboxylic acids is 1. The van der Waals surface area contributed by atoms with Gasteiger partial charge in [0, 0.05) is 19.8 Å². The third-order valence-electron chi connectivity index (χ3n) is 1.89. The number of hydrogen-bond acceptors (Lipinski definition) is 6. The molecule has 0 atom stereocenters. The number of amides is 1. The first-order valence-electron chi connectivity index (χ1n) is 5.01. The number of aromatic nitrogens is 2. The largest absolute Gasteiger partial charge is 0.339 e. The maximum Gasteiger partial charge on any atom is 0.284 e. The summed E-state index contributed by atoms with van der Waals surface area (Å²) in [5.41, 5.74) is 0. The van der Waals surface area contributed by atoms with Crippen LogP contribution in [0.3, 0.4) is 0 Å². The molecule has 0 fully saturated rings. The second-order valence-electron chi connectivity index (χ2n) is 4.22. The van der Waals surface area contributed by atoms with E-state index >= 15 is 0 Å². The molecule has 0 N–H and O–H groups in total. The highest BCUT2D eigenvalue weighted by Crippen LogP contribution is 2.16. The molecular formula is C9H15N3O3S2. The quantitative estimate of drug-likeness (QED) is 0.808. The summed E-state index contributed by atoms with van der Waals surface area (Å²) in [6.45, 7) is 4.57. The van der Waals surface area contributed by atoms with E-state index in [0.29, 0.717) is 12.5 Å². The van der Waals surface area contributed by atoms with Crippen molar-refractivity contribution in [2.45, 2.75) is 18.2 Å². The van der Waals surface area contributed by atoms with Crippen LogP contribution in [0.4, 0.5) is 0 Å². The average molecular weight is 277 g/mol. The molecule has 1 heterocycles. The fourth-order valence-electron chi connectivity index (χ4n) is 1.24. The van der Waals surface area contributed by atoms with Gasteiger partial charge in [0.15, 0.2) is 0 Å². The minimum absolute atomic E-state index is 0.105. The normalized spacial score (nSPS) is 11.8. The van der Waals surface area contributed by atoms with Crippen molar-refractivity contribution in [2.24, 2.45) is 5.92 Å². The van der Waals surface area contributed by atoms with Gasteiger partial charge in [0.25, 0.3) is 5.91 Å². The molecule has 0 aliphatic carbocycles. The van der Waals surface area contributed by atoms with Crippen LogP contribution < -0.4 is 0 Å². The van der Waals surface area contributed by atoms with Gasteiger partial charge in [-0.15, -0.1) is 10.2 Å². The first kappa shape index (κ1) is 14.0. The minimum Gasteiger partial charge on any atom is -0.339 e. The molecule has 1 aromatic rings. The van der Waals surface area contributed by atoms with Gasteiger partial charge in [-0.1, -0.05) is 25.2 Å². The van der Waals surface area contributed by atoms with Gasteiger partial charge in [-0.2, -0.15) is 0 Å². The van der Waals surface area contributed by atoms with Gasteiger partial charge < -0.3 is 4.90 Å². The lowest BCUT2D eigenvalue weighted by Gasteiger charge is -2.17. The molecule has 0 spiro atoms. The maximum absolute atomic E-state index is 11.9. The van der Waals surface area contributed by atoms with E-state index in [1.807, 2.05) is 13.8 Å². The second-order valence-corrected chi connectivity index (χ2v) is 7.39. The number of hydrogen-bond donors (Lipinski definition) is 0. The van der Waals surface area contributed by atoms with Gasteiger partial charge in [0.05, 0.1) is 0 Å². The Morgan fingerprint density at radius 3 is 2.41 bits per heavy atom. The minimum atomic E-state index is -3.39. The van der Waals surface area contributed by atoms with E-state index in [0.717, 1.165) is 17.6 Å². The lowest BCUT2D eigenvalue weighted by molar-refractivity contribution is 0.0778. The first-order chi connectivity index (χ1) is 7.71. The molecule has 0 aliphatic heterocycles. The Hall–Kier alpha value is -1.02. The number of sulfone groups is 1. The van der Waals surface area contributed by atoms with Crippen LogP contribution in [0.25, 0.3) is 0 Å². The van der Waals surface area contributed by atoms with Crippen LogP contribution in [-0.2, 0) is 9.84 Å². The van der Waals surface area contributed by atoms with Crippen LogP contribution in [0.2, 0.25) is 0 Å². The van der Waals surface area contributed by atoms with Crippen molar-refractivity contribution in [1.29, 1.82) is 0 Å². The molecule has 1 aromatic heterocycles. The summed E-state index contributed by atoms with van der Waals surface area (Å²) in [6.07, 6.45) is 1.04. The molecule has 0 saturated carbocycles. The average Bonchev–Trinajstić information content (AvgIpc) is 2.63. The fourth-order valence-corrected chi connectivity index (χ4v) is 2.84. The molecule has 6 nitrogen and oxygen atoms in total.